The molecule has 2 amide bonds. The summed E-state index contributed by atoms with van der Waals surface area (Å²) >= 11 is 0. The van der Waals surface area contributed by atoms with Crippen LogP contribution in [0.15, 0.2) is 24.3 Å². The highest BCUT2D eigenvalue weighted by atomic mass is 16.2. The molecule has 2 N–H and O–H groups in total. The van der Waals surface area contributed by atoms with E-state index >= 15 is 0 Å². The van der Waals surface area contributed by atoms with Crippen molar-refractivity contribution >= 4 is 17.5 Å². The van der Waals surface area contributed by atoms with Gasteiger partial charge in [0, 0.05) is 25.1 Å². The van der Waals surface area contributed by atoms with E-state index in [4.69, 9.17) is 0 Å². The summed E-state index contributed by atoms with van der Waals surface area (Å²) in [7, 11) is 0. The van der Waals surface area contributed by atoms with Crippen LogP contribution in [0.3, 0.4) is 0 Å². The highest BCUT2D eigenvalue weighted by Gasteiger charge is 2.23. The lowest BCUT2D eigenvalue weighted by atomic mass is 9.85. The van der Waals surface area contributed by atoms with Crippen LogP contribution in [-0.2, 0) is 9.59 Å². The van der Waals surface area contributed by atoms with Crippen molar-refractivity contribution < 1.29 is 9.59 Å². The molecule has 3 unspecified atom stereocenters. The van der Waals surface area contributed by atoms with Gasteiger partial charge in [0.2, 0.25) is 11.8 Å². The molecule has 0 saturated carbocycles. The van der Waals surface area contributed by atoms with Gasteiger partial charge in [-0.2, -0.15) is 0 Å². The lowest BCUT2D eigenvalue weighted by Gasteiger charge is -2.28. The molecule has 0 bridgehead atoms. The van der Waals surface area contributed by atoms with Gasteiger partial charge in [0.25, 0.3) is 0 Å². The number of amides is 2. The number of carbonyl (C=O) groups excluding carboxylic acids is 2. The SMILES string of the molecule is CC(NC(=O)CC(C)C1CCCNC1)c1ccc(N2CCCC2=O)cc1. The van der Waals surface area contributed by atoms with Crippen molar-refractivity contribution in [3.05, 3.63) is 29.8 Å². The number of hydrogen-bond donors (Lipinski definition) is 2. The summed E-state index contributed by atoms with van der Waals surface area (Å²) in [6.07, 6.45) is 4.58. The monoisotopic (exact) mass is 357 g/mol. The minimum Gasteiger partial charge on any atom is -0.350 e. The van der Waals surface area contributed by atoms with Gasteiger partial charge in [0.05, 0.1) is 6.04 Å². The van der Waals surface area contributed by atoms with Crippen LogP contribution >= 0.6 is 0 Å². The molecule has 0 aliphatic carbocycles. The van der Waals surface area contributed by atoms with Gasteiger partial charge >= 0.3 is 0 Å². The Bertz CT molecular complexity index is 623. The van der Waals surface area contributed by atoms with Crippen LogP contribution < -0.4 is 15.5 Å². The largest absolute Gasteiger partial charge is 0.350 e. The summed E-state index contributed by atoms with van der Waals surface area (Å²) in [5.41, 5.74) is 2.02. The standard InChI is InChI=1S/C21H31N3O2/c1-15(18-5-3-11-22-14-18)13-20(25)23-16(2)17-7-9-19(10-8-17)24-12-4-6-21(24)26/h7-10,15-16,18,22H,3-6,11-14H2,1-2H3,(H,23,25). The van der Waals surface area contributed by atoms with Crippen LogP contribution in [0.4, 0.5) is 5.69 Å². The molecule has 2 saturated heterocycles. The molecule has 2 aliphatic heterocycles. The zero-order valence-electron chi connectivity index (χ0n) is 16.0. The van der Waals surface area contributed by atoms with E-state index in [1.165, 1.54) is 12.8 Å². The summed E-state index contributed by atoms with van der Waals surface area (Å²) in [5, 5.41) is 6.55. The summed E-state index contributed by atoms with van der Waals surface area (Å²) in [6, 6.07) is 7.97. The van der Waals surface area contributed by atoms with Gasteiger partial charge in [-0.25, -0.2) is 0 Å². The Morgan fingerprint density at radius 1 is 1.27 bits per heavy atom. The van der Waals surface area contributed by atoms with Crippen LogP contribution in [0.5, 0.6) is 0 Å². The van der Waals surface area contributed by atoms with Crippen LogP contribution in [0.1, 0.15) is 57.6 Å². The number of nitrogens with zero attached hydrogens (tertiary/aromatic N) is 1. The van der Waals surface area contributed by atoms with E-state index in [2.05, 4.69) is 17.6 Å². The van der Waals surface area contributed by atoms with Gasteiger partial charge in [-0.3, -0.25) is 9.59 Å². The average Bonchev–Trinajstić information content (AvgIpc) is 3.08. The number of carbonyl (C=O) groups is 2. The summed E-state index contributed by atoms with van der Waals surface area (Å²) < 4.78 is 0. The number of piperidine rings is 1. The normalized spacial score (nSPS) is 22.9. The van der Waals surface area contributed by atoms with E-state index in [9.17, 15) is 9.59 Å². The molecule has 5 heteroatoms. The fourth-order valence-electron chi connectivity index (χ4n) is 4.07. The molecule has 1 aromatic carbocycles. The van der Waals surface area contributed by atoms with Gasteiger partial charge in [-0.15, -0.1) is 0 Å². The molecule has 26 heavy (non-hydrogen) atoms. The Kier molecular flexibility index (Phi) is 6.30. The van der Waals surface area contributed by atoms with Crippen LogP contribution in [-0.4, -0.2) is 31.4 Å². The van der Waals surface area contributed by atoms with E-state index in [-0.39, 0.29) is 17.9 Å². The first-order valence-electron chi connectivity index (χ1n) is 9.95. The van der Waals surface area contributed by atoms with Crippen molar-refractivity contribution in [2.24, 2.45) is 11.8 Å². The third-order valence-electron chi connectivity index (χ3n) is 5.80. The average molecular weight is 357 g/mol. The number of rotatable bonds is 6. The Labute approximate surface area is 156 Å². The first kappa shape index (κ1) is 18.9. The van der Waals surface area contributed by atoms with Crippen LogP contribution in [0.25, 0.3) is 0 Å². The smallest absolute Gasteiger partial charge is 0.227 e. The molecular formula is C21H31N3O2. The minimum atomic E-state index is -0.0255. The predicted octanol–water partition coefficient (Wildman–Crippen LogP) is 3.02. The summed E-state index contributed by atoms with van der Waals surface area (Å²) in [4.78, 5) is 26.1. The lowest BCUT2D eigenvalue weighted by Crippen LogP contribution is -2.36. The van der Waals surface area contributed by atoms with Gasteiger partial charge in [-0.1, -0.05) is 19.1 Å². The number of anilines is 1. The molecular weight excluding hydrogens is 326 g/mol. The second-order valence-electron chi connectivity index (χ2n) is 7.82. The molecule has 1 aromatic rings. The molecule has 2 aliphatic rings. The zero-order chi connectivity index (χ0) is 18.5. The van der Waals surface area contributed by atoms with Gasteiger partial charge in [0.15, 0.2) is 0 Å². The molecule has 3 rings (SSSR count). The number of benzene rings is 1. The highest BCUT2D eigenvalue weighted by molar-refractivity contribution is 5.95. The summed E-state index contributed by atoms with van der Waals surface area (Å²) in [6.45, 7) is 7.13. The van der Waals surface area contributed by atoms with Gasteiger partial charge in [-0.05, 0) is 68.8 Å². The van der Waals surface area contributed by atoms with Crippen molar-refractivity contribution in [3.8, 4) is 0 Å². The van der Waals surface area contributed by atoms with Crippen molar-refractivity contribution in [2.45, 2.75) is 52.0 Å². The zero-order valence-corrected chi connectivity index (χ0v) is 16.0. The molecule has 0 aromatic heterocycles. The first-order chi connectivity index (χ1) is 12.5. The Morgan fingerprint density at radius 2 is 2.04 bits per heavy atom. The van der Waals surface area contributed by atoms with E-state index in [0.29, 0.717) is 24.7 Å². The van der Waals surface area contributed by atoms with Crippen LogP contribution in [0, 0.1) is 11.8 Å². The van der Waals surface area contributed by atoms with Gasteiger partial charge < -0.3 is 15.5 Å². The Morgan fingerprint density at radius 3 is 2.65 bits per heavy atom. The fraction of sp³-hybridized carbons (Fsp3) is 0.619. The van der Waals surface area contributed by atoms with Crippen molar-refractivity contribution in [1.29, 1.82) is 0 Å². The Balaban J connectivity index is 1.51. The minimum absolute atomic E-state index is 0.0255. The van der Waals surface area contributed by atoms with Crippen LogP contribution in [0.2, 0.25) is 0 Å². The fourth-order valence-corrected chi connectivity index (χ4v) is 4.07. The van der Waals surface area contributed by atoms with Crippen molar-refractivity contribution in [3.63, 3.8) is 0 Å². The number of nitrogens with one attached hydrogen (secondary N) is 2. The third kappa shape index (κ3) is 4.64. The molecule has 0 radical (unpaired) electrons. The first-order valence-corrected chi connectivity index (χ1v) is 9.95. The molecule has 5 nitrogen and oxygen atoms in total. The lowest BCUT2D eigenvalue weighted by molar-refractivity contribution is -0.123. The molecule has 0 spiro atoms. The quantitative estimate of drug-likeness (QED) is 0.823. The maximum Gasteiger partial charge on any atom is 0.227 e. The van der Waals surface area contributed by atoms with Crippen molar-refractivity contribution in [1.82, 2.24) is 10.6 Å². The number of hydrogen-bond acceptors (Lipinski definition) is 3. The topological polar surface area (TPSA) is 61.4 Å². The molecule has 2 heterocycles. The molecule has 142 valence electrons. The maximum absolute atomic E-state index is 12.4. The van der Waals surface area contributed by atoms with E-state index in [1.807, 2.05) is 36.1 Å². The van der Waals surface area contributed by atoms with E-state index in [1.54, 1.807) is 0 Å². The third-order valence-corrected chi connectivity index (χ3v) is 5.80. The van der Waals surface area contributed by atoms with Gasteiger partial charge in [0.1, 0.15) is 0 Å². The predicted molar refractivity (Wildman–Crippen MR) is 104 cm³/mol. The highest BCUT2D eigenvalue weighted by Crippen LogP contribution is 2.25. The maximum atomic E-state index is 12.4. The Hall–Kier alpha value is -1.88. The van der Waals surface area contributed by atoms with Crippen molar-refractivity contribution in [2.75, 3.05) is 24.5 Å². The second kappa shape index (κ2) is 8.67. The van der Waals surface area contributed by atoms with E-state index in [0.717, 1.165) is 37.3 Å². The molecule has 3 atom stereocenters. The second-order valence-corrected chi connectivity index (χ2v) is 7.82. The van der Waals surface area contributed by atoms with E-state index < -0.39 is 0 Å². The summed E-state index contributed by atoms with van der Waals surface area (Å²) in [5.74, 6) is 1.32. The molecule has 2 fully saturated rings.